The molecule has 0 amide bonds. The molecule has 0 aliphatic rings. The lowest BCUT2D eigenvalue weighted by Crippen LogP contribution is -2.21. The van der Waals surface area contributed by atoms with E-state index in [0.717, 1.165) is 5.56 Å². The maximum absolute atomic E-state index is 12.6. The van der Waals surface area contributed by atoms with Gasteiger partial charge >= 0.3 is 5.97 Å². The Labute approximate surface area is 177 Å². The summed E-state index contributed by atoms with van der Waals surface area (Å²) in [6.07, 6.45) is 0. The topological polar surface area (TPSA) is 84.5 Å². The highest BCUT2D eigenvalue weighted by atomic mass is 35.5. The number of hydrogen-bond donors (Lipinski definition) is 1. The highest BCUT2D eigenvalue weighted by molar-refractivity contribution is 7.20. The maximum Gasteiger partial charge on any atom is 0.348 e. The number of carbonyl (C=O) groups is 1. The first-order valence-electron chi connectivity index (χ1n) is 9.01. The number of fused-ring (bicyclic) bond motifs is 1. The van der Waals surface area contributed by atoms with Crippen LogP contribution in [0.25, 0.3) is 10.2 Å². The number of nitrogens with one attached hydrogen (secondary N) is 1. The van der Waals surface area contributed by atoms with Gasteiger partial charge in [-0.1, -0.05) is 29.8 Å². The number of methoxy groups -OCH3 is 1. The first-order valence-corrected chi connectivity index (χ1v) is 10.2. The van der Waals surface area contributed by atoms with Crippen LogP contribution in [0.15, 0.2) is 29.1 Å². The van der Waals surface area contributed by atoms with Gasteiger partial charge in [-0.05, 0) is 31.2 Å². The van der Waals surface area contributed by atoms with E-state index in [-0.39, 0.29) is 12.2 Å². The summed E-state index contributed by atoms with van der Waals surface area (Å²) in [5.41, 5.74) is 1.31. The van der Waals surface area contributed by atoms with Gasteiger partial charge in [0, 0.05) is 18.7 Å². The van der Waals surface area contributed by atoms with Crippen LogP contribution >= 0.6 is 22.9 Å². The van der Waals surface area contributed by atoms with Gasteiger partial charge in [-0.15, -0.1) is 11.3 Å². The number of benzene rings is 1. The fourth-order valence-electron chi connectivity index (χ4n) is 2.97. The van der Waals surface area contributed by atoms with Crippen LogP contribution in [0.1, 0.15) is 26.6 Å². The van der Waals surface area contributed by atoms with Crippen LogP contribution in [-0.4, -0.2) is 48.2 Å². The number of H-pyrrole nitrogens is 1. The Balaban J connectivity index is 1.81. The second-order valence-electron chi connectivity index (χ2n) is 6.64. The zero-order chi connectivity index (χ0) is 21.0. The summed E-state index contributed by atoms with van der Waals surface area (Å²) >= 11 is 7.39. The minimum absolute atomic E-state index is 0.158. The number of aromatic nitrogens is 2. The van der Waals surface area contributed by atoms with E-state index in [2.05, 4.69) is 9.97 Å². The molecule has 3 aromatic rings. The van der Waals surface area contributed by atoms with Crippen molar-refractivity contribution in [3.05, 3.63) is 61.5 Å². The van der Waals surface area contributed by atoms with Gasteiger partial charge in [0.15, 0.2) is 0 Å². The van der Waals surface area contributed by atoms with Crippen molar-refractivity contribution in [2.24, 2.45) is 0 Å². The molecule has 1 N–H and O–H groups in total. The van der Waals surface area contributed by atoms with Gasteiger partial charge in [0.25, 0.3) is 5.56 Å². The van der Waals surface area contributed by atoms with Gasteiger partial charge in [0.2, 0.25) is 0 Å². The van der Waals surface area contributed by atoms with Crippen molar-refractivity contribution in [1.29, 1.82) is 0 Å². The molecule has 0 aliphatic heterocycles. The predicted molar refractivity (Wildman–Crippen MR) is 114 cm³/mol. The van der Waals surface area contributed by atoms with E-state index >= 15 is 0 Å². The Morgan fingerprint density at radius 1 is 1.28 bits per heavy atom. The van der Waals surface area contributed by atoms with Crippen molar-refractivity contribution in [2.75, 3.05) is 27.4 Å². The lowest BCUT2D eigenvalue weighted by atomic mass is 10.2. The molecular formula is C20H22ClN3O4S. The van der Waals surface area contributed by atoms with Crippen LogP contribution in [-0.2, 0) is 22.6 Å². The van der Waals surface area contributed by atoms with E-state index in [1.165, 1.54) is 18.4 Å². The normalized spacial score (nSPS) is 11.3. The monoisotopic (exact) mass is 435 g/mol. The smallest absolute Gasteiger partial charge is 0.348 e. The summed E-state index contributed by atoms with van der Waals surface area (Å²) in [5, 5.41) is 1.12. The van der Waals surface area contributed by atoms with Crippen molar-refractivity contribution in [3.8, 4) is 0 Å². The van der Waals surface area contributed by atoms with Gasteiger partial charge in [-0.3, -0.25) is 9.69 Å². The van der Waals surface area contributed by atoms with Crippen LogP contribution in [0.2, 0.25) is 5.02 Å². The van der Waals surface area contributed by atoms with Crippen LogP contribution in [0, 0.1) is 6.92 Å². The first kappa shape index (κ1) is 21.4. The molecule has 2 aromatic heterocycles. The van der Waals surface area contributed by atoms with E-state index in [4.69, 9.17) is 21.1 Å². The third-order valence-electron chi connectivity index (χ3n) is 4.37. The average molecular weight is 436 g/mol. The van der Waals surface area contributed by atoms with E-state index in [1.54, 1.807) is 6.92 Å². The molecule has 154 valence electrons. The van der Waals surface area contributed by atoms with E-state index in [1.807, 2.05) is 36.2 Å². The molecule has 0 bridgehead atoms. The van der Waals surface area contributed by atoms with Gasteiger partial charge in [-0.2, -0.15) is 0 Å². The molecule has 0 spiro atoms. The number of halogens is 1. The molecule has 0 fully saturated rings. The summed E-state index contributed by atoms with van der Waals surface area (Å²) in [7, 11) is 3.46. The fraction of sp³-hybridized carbons (Fsp3) is 0.350. The molecule has 7 nitrogen and oxygen atoms in total. The number of esters is 1. The highest BCUT2D eigenvalue weighted by Gasteiger charge is 2.20. The standard InChI is InChI=1S/C20H22ClN3O4S/c1-12-16-18(25)22-15(11-24(2)10-13-6-4-5-7-14(13)21)23-19(16)29-17(12)20(26)28-9-8-27-3/h4-7H,8-11H2,1-3H3,(H,22,23,25). The predicted octanol–water partition coefficient (Wildman–Crippen LogP) is 3.38. The van der Waals surface area contributed by atoms with E-state index in [0.29, 0.717) is 51.2 Å². The molecule has 0 atom stereocenters. The third kappa shape index (κ3) is 5.02. The Bertz CT molecular complexity index is 1080. The zero-order valence-electron chi connectivity index (χ0n) is 16.5. The Morgan fingerprint density at radius 3 is 2.76 bits per heavy atom. The number of nitrogens with zero attached hydrogens (tertiary/aromatic N) is 2. The molecule has 0 radical (unpaired) electrons. The van der Waals surface area contributed by atoms with Crippen LogP contribution in [0.5, 0.6) is 0 Å². The summed E-state index contributed by atoms with van der Waals surface area (Å²) < 4.78 is 10.1. The number of hydrogen-bond acceptors (Lipinski definition) is 7. The van der Waals surface area contributed by atoms with Crippen molar-refractivity contribution < 1.29 is 14.3 Å². The second kappa shape index (κ2) is 9.49. The van der Waals surface area contributed by atoms with Crippen molar-refractivity contribution in [2.45, 2.75) is 20.0 Å². The summed E-state index contributed by atoms with van der Waals surface area (Å²) in [6.45, 7) is 3.25. The molecule has 9 heteroatoms. The lowest BCUT2D eigenvalue weighted by molar-refractivity contribution is 0.0393. The molecule has 0 aliphatic carbocycles. The van der Waals surface area contributed by atoms with Crippen molar-refractivity contribution >= 4 is 39.1 Å². The molecule has 0 saturated heterocycles. The molecular weight excluding hydrogens is 414 g/mol. The minimum atomic E-state index is -0.473. The summed E-state index contributed by atoms with van der Waals surface area (Å²) in [6, 6.07) is 7.62. The number of rotatable bonds is 8. The van der Waals surface area contributed by atoms with Gasteiger partial charge in [0.1, 0.15) is 22.1 Å². The lowest BCUT2D eigenvalue weighted by Gasteiger charge is -2.16. The highest BCUT2D eigenvalue weighted by Crippen LogP contribution is 2.27. The van der Waals surface area contributed by atoms with Crippen molar-refractivity contribution in [1.82, 2.24) is 14.9 Å². The van der Waals surface area contributed by atoms with Gasteiger partial charge in [0.05, 0.1) is 18.5 Å². The van der Waals surface area contributed by atoms with Crippen LogP contribution in [0.4, 0.5) is 0 Å². The number of ether oxygens (including phenoxy) is 2. The minimum Gasteiger partial charge on any atom is -0.459 e. The van der Waals surface area contributed by atoms with E-state index < -0.39 is 5.97 Å². The fourth-order valence-corrected chi connectivity index (χ4v) is 4.26. The zero-order valence-corrected chi connectivity index (χ0v) is 18.0. The molecule has 2 heterocycles. The summed E-state index contributed by atoms with van der Waals surface area (Å²) in [4.78, 5) is 35.2. The number of carbonyl (C=O) groups excluding carboxylic acids is 1. The summed E-state index contributed by atoms with van der Waals surface area (Å²) in [5.74, 6) is 0.0527. The van der Waals surface area contributed by atoms with E-state index in [9.17, 15) is 9.59 Å². The van der Waals surface area contributed by atoms with Crippen LogP contribution < -0.4 is 5.56 Å². The molecule has 0 unspecified atom stereocenters. The van der Waals surface area contributed by atoms with Crippen LogP contribution in [0.3, 0.4) is 0 Å². The van der Waals surface area contributed by atoms with Gasteiger partial charge in [-0.25, -0.2) is 9.78 Å². The second-order valence-corrected chi connectivity index (χ2v) is 8.05. The molecule has 3 rings (SSSR count). The Kier molecular flexibility index (Phi) is 7.02. The quantitative estimate of drug-likeness (QED) is 0.431. The van der Waals surface area contributed by atoms with Crippen molar-refractivity contribution in [3.63, 3.8) is 0 Å². The number of thiophene rings is 1. The Hall–Kier alpha value is -2.26. The Morgan fingerprint density at radius 2 is 2.03 bits per heavy atom. The molecule has 1 aromatic carbocycles. The molecule has 0 saturated carbocycles. The SMILES string of the molecule is COCCOC(=O)c1sc2nc(CN(C)Cc3ccccc3Cl)[nH]c(=O)c2c1C. The average Bonchev–Trinajstić information content (AvgIpc) is 3.00. The van der Waals surface area contributed by atoms with Gasteiger partial charge < -0.3 is 14.5 Å². The third-order valence-corrected chi connectivity index (χ3v) is 5.91. The number of aromatic amines is 1. The maximum atomic E-state index is 12.6. The largest absolute Gasteiger partial charge is 0.459 e. The number of aryl methyl sites for hydroxylation is 1. The first-order chi connectivity index (χ1) is 13.9. The molecule has 29 heavy (non-hydrogen) atoms.